The second kappa shape index (κ2) is 6.19. The molecule has 3 aromatic heterocycles. The molecule has 0 fully saturated rings. The smallest absolute Gasteiger partial charge is 0.341 e. The third-order valence-electron chi connectivity index (χ3n) is 5.88. The Morgan fingerprint density at radius 3 is 2.77 bits per heavy atom. The number of carbonyl (C=O) groups is 1. The van der Waals surface area contributed by atoms with Crippen LogP contribution in [0.2, 0.25) is 0 Å². The van der Waals surface area contributed by atoms with E-state index in [1.54, 1.807) is 6.20 Å². The summed E-state index contributed by atoms with van der Waals surface area (Å²) in [5.41, 5.74) is 3.19. The molecule has 0 spiro atoms. The number of H-pyrrole nitrogens is 1. The highest BCUT2D eigenvalue weighted by molar-refractivity contribution is 5.97. The highest BCUT2D eigenvalue weighted by Crippen LogP contribution is 2.47. The number of pyridine rings is 1. The van der Waals surface area contributed by atoms with Gasteiger partial charge in [0.25, 0.3) is 0 Å². The van der Waals surface area contributed by atoms with Gasteiger partial charge in [-0.1, -0.05) is 32.9 Å². The summed E-state index contributed by atoms with van der Waals surface area (Å²) in [5.74, 6) is -0.605. The van der Waals surface area contributed by atoms with Crippen LogP contribution in [0.5, 0.6) is 0 Å². The Hall–Kier alpha value is -3.61. The lowest BCUT2D eigenvalue weighted by atomic mass is 9.79. The first-order chi connectivity index (χ1) is 14.3. The number of carboxylic acid groups (broad SMARTS) is 1. The summed E-state index contributed by atoms with van der Waals surface area (Å²) in [6.07, 6.45) is 3.82. The van der Waals surface area contributed by atoms with Gasteiger partial charge in [0.15, 0.2) is 11.2 Å². The summed E-state index contributed by atoms with van der Waals surface area (Å²) < 4.78 is 8.23. The van der Waals surface area contributed by atoms with Gasteiger partial charge in [0.2, 0.25) is 0 Å². The summed E-state index contributed by atoms with van der Waals surface area (Å²) >= 11 is 0. The van der Waals surface area contributed by atoms with Gasteiger partial charge in [-0.2, -0.15) is 5.10 Å². The van der Waals surface area contributed by atoms with Crippen LogP contribution in [0.15, 0.2) is 51.9 Å². The maximum Gasteiger partial charge on any atom is 0.341 e. The van der Waals surface area contributed by atoms with E-state index in [1.807, 2.05) is 28.8 Å². The number of benzene rings is 1. The number of nitrogens with zero attached hydrogens (tertiary/aromatic N) is 2. The first-order valence-corrected chi connectivity index (χ1v) is 9.79. The number of hydrogen-bond donors (Lipinski definition) is 2. The summed E-state index contributed by atoms with van der Waals surface area (Å²) in [6, 6.07) is 9.21. The molecule has 4 aromatic rings. The van der Waals surface area contributed by atoms with E-state index in [1.165, 1.54) is 12.3 Å². The van der Waals surface area contributed by atoms with E-state index in [2.05, 4.69) is 31.0 Å². The third kappa shape index (κ3) is 2.62. The molecule has 0 amide bonds. The number of hydrogen-bond acceptors (Lipinski definition) is 4. The van der Waals surface area contributed by atoms with Crippen LogP contribution in [0.4, 0.5) is 0 Å². The lowest BCUT2D eigenvalue weighted by molar-refractivity contribution is 0.0693. The van der Waals surface area contributed by atoms with Crippen LogP contribution < -0.4 is 5.43 Å². The molecule has 152 valence electrons. The molecule has 1 aliphatic heterocycles. The zero-order chi connectivity index (χ0) is 21.2. The molecular weight excluding hydrogens is 382 g/mol. The number of furan rings is 1. The fourth-order valence-electron chi connectivity index (χ4n) is 4.36. The lowest BCUT2D eigenvalue weighted by Gasteiger charge is -2.37. The van der Waals surface area contributed by atoms with E-state index < -0.39 is 11.4 Å². The minimum absolute atomic E-state index is 0.0321. The van der Waals surface area contributed by atoms with Crippen LogP contribution >= 0.6 is 0 Å². The standard InChI is InChI=1S/C23H21N3O4/c1-23(2,3)19-9-14-12-5-4-6-13(16-7-8-24-25-16)20(12)30-21(14)17-10-18(27)15(22(28)29)11-26(17)19/h4-8,10-11,19H,9H2,1-3H3,(H,24,25)(H,28,29)/t19-/m0/s1. The highest BCUT2D eigenvalue weighted by atomic mass is 16.4. The van der Waals surface area contributed by atoms with Gasteiger partial charge in [-0.05, 0) is 24.0 Å². The number of aromatic amines is 1. The second-order valence-electron chi connectivity index (χ2n) is 8.80. The largest absolute Gasteiger partial charge is 0.477 e. The Morgan fingerprint density at radius 2 is 2.10 bits per heavy atom. The predicted molar refractivity (Wildman–Crippen MR) is 113 cm³/mol. The molecule has 0 bridgehead atoms. The molecule has 0 aliphatic carbocycles. The van der Waals surface area contributed by atoms with Crippen molar-refractivity contribution in [3.05, 3.63) is 64.1 Å². The van der Waals surface area contributed by atoms with Crippen LogP contribution in [0.3, 0.4) is 0 Å². The van der Waals surface area contributed by atoms with E-state index in [0.29, 0.717) is 17.9 Å². The zero-order valence-electron chi connectivity index (χ0n) is 16.9. The van der Waals surface area contributed by atoms with Gasteiger partial charge in [0.1, 0.15) is 11.1 Å². The maximum absolute atomic E-state index is 12.5. The molecule has 2 N–H and O–H groups in total. The van der Waals surface area contributed by atoms with Crippen LogP contribution in [0.1, 0.15) is 42.7 Å². The minimum atomic E-state index is -1.22. The van der Waals surface area contributed by atoms with Gasteiger partial charge in [-0.15, -0.1) is 0 Å². The van der Waals surface area contributed by atoms with Crippen molar-refractivity contribution in [3.63, 3.8) is 0 Å². The van der Waals surface area contributed by atoms with Crippen LogP contribution in [0, 0.1) is 5.41 Å². The number of nitrogens with one attached hydrogen (secondary N) is 1. The second-order valence-corrected chi connectivity index (χ2v) is 8.80. The summed E-state index contributed by atoms with van der Waals surface area (Å²) in [6.45, 7) is 6.34. The normalized spacial score (nSPS) is 15.8. The van der Waals surface area contributed by atoms with E-state index in [0.717, 1.165) is 27.8 Å². The maximum atomic E-state index is 12.5. The average molecular weight is 403 g/mol. The van der Waals surface area contributed by atoms with E-state index >= 15 is 0 Å². The van der Waals surface area contributed by atoms with Crippen LogP contribution in [0.25, 0.3) is 33.7 Å². The van der Waals surface area contributed by atoms with Crippen molar-refractivity contribution >= 4 is 16.9 Å². The summed E-state index contributed by atoms with van der Waals surface area (Å²) in [4.78, 5) is 24.1. The van der Waals surface area contributed by atoms with Gasteiger partial charge < -0.3 is 14.1 Å². The molecule has 0 unspecified atom stereocenters. The number of rotatable bonds is 2. The Morgan fingerprint density at radius 1 is 1.30 bits per heavy atom. The number of fused-ring (bicyclic) bond motifs is 5. The topological polar surface area (TPSA) is 101 Å². The van der Waals surface area contributed by atoms with Crippen molar-refractivity contribution in [2.75, 3.05) is 0 Å². The van der Waals surface area contributed by atoms with Crippen molar-refractivity contribution in [2.45, 2.75) is 33.2 Å². The molecule has 30 heavy (non-hydrogen) atoms. The number of aromatic carboxylic acids is 1. The predicted octanol–water partition coefficient (Wildman–Crippen LogP) is 4.49. The molecule has 4 heterocycles. The fraction of sp³-hybridized carbons (Fsp3) is 0.261. The van der Waals surface area contributed by atoms with E-state index in [4.69, 9.17) is 4.42 Å². The van der Waals surface area contributed by atoms with Gasteiger partial charge >= 0.3 is 5.97 Å². The Labute approximate surface area is 172 Å². The molecular formula is C23H21N3O4. The monoisotopic (exact) mass is 403 g/mol. The number of aromatic nitrogens is 3. The summed E-state index contributed by atoms with van der Waals surface area (Å²) in [7, 11) is 0. The molecule has 0 radical (unpaired) electrons. The lowest BCUT2D eigenvalue weighted by Crippen LogP contribution is -2.32. The first-order valence-electron chi connectivity index (χ1n) is 9.79. The van der Waals surface area contributed by atoms with Crippen LogP contribution in [-0.2, 0) is 6.42 Å². The molecule has 0 saturated heterocycles. The molecule has 7 heteroatoms. The SMILES string of the molecule is CC(C)(C)[C@@H]1Cc2c(oc3c(-c4ccn[nH]4)cccc23)-c2cc(=O)c(C(=O)O)cn21. The van der Waals surface area contributed by atoms with Crippen LogP contribution in [-0.4, -0.2) is 25.8 Å². The highest BCUT2D eigenvalue weighted by Gasteiger charge is 2.36. The Balaban J connectivity index is 1.84. The van der Waals surface area contributed by atoms with Crippen molar-refractivity contribution in [3.8, 4) is 22.7 Å². The third-order valence-corrected chi connectivity index (χ3v) is 5.88. The summed E-state index contributed by atoms with van der Waals surface area (Å²) in [5, 5.41) is 17.5. The fourth-order valence-corrected chi connectivity index (χ4v) is 4.36. The number of carboxylic acids is 1. The zero-order valence-corrected chi connectivity index (χ0v) is 16.9. The Kier molecular flexibility index (Phi) is 3.80. The molecule has 1 aliphatic rings. The minimum Gasteiger partial charge on any atom is -0.477 e. The van der Waals surface area contributed by atoms with Gasteiger partial charge in [-0.25, -0.2) is 4.79 Å². The van der Waals surface area contributed by atoms with Crippen molar-refractivity contribution in [2.24, 2.45) is 5.41 Å². The van der Waals surface area contributed by atoms with Gasteiger partial charge in [0, 0.05) is 41.0 Å². The number of para-hydroxylation sites is 1. The molecule has 1 aromatic carbocycles. The van der Waals surface area contributed by atoms with Crippen molar-refractivity contribution in [1.82, 2.24) is 14.8 Å². The quantitative estimate of drug-likeness (QED) is 0.513. The molecule has 7 nitrogen and oxygen atoms in total. The van der Waals surface area contributed by atoms with Crippen molar-refractivity contribution < 1.29 is 14.3 Å². The van der Waals surface area contributed by atoms with Gasteiger partial charge in [-0.3, -0.25) is 9.89 Å². The average Bonchev–Trinajstić information content (AvgIpc) is 3.33. The van der Waals surface area contributed by atoms with E-state index in [9.17, 15) is 14.7 Å². The molecule has 5 rings (SSSR count). The van der Waals surface area contributed by atoms with Crippen molar-refractivity contribution in [1.29, 1.82) is 0 Å². The molecule has 1 atom stereocenters. The first kappa shape index (κ1) is 18.4. The Bertz CT molecular complexity index is 1350. The molecule has 0 saturated carbocycles. The van der Waals surface area contributed by atoms with Gasteiger partial charge in [0.05, 0.1) is 11.4 Å². The van der Waals surface area contributed by atoms with E-state index in [-0.39, 0.29) is 17.0 Å².